The summed E-state index contributed by atoms with van der Waals surface area (Å²) in [6.07, 6.45) is 8.25. The number of rotatable bonds is 5. The predicted molar refractivity (Wildman–Crippen MR) is 96.8 cm³/mol. The molecule has 4 atom stereocenters. The standard InChI is InChI=1S/C21H30O4/c1-13(12-22)5-4-6-14(2)15-9-10-21(3)17(15)11-16-19(25-21)8-7-18(23)20(16)24/h5,9,14,17-18,22-23H,4,6-8,10-12H2,1-3H3/b13-5+. The van der Waals surface area contributed by atoms with E-state index in [1.165, 1.54) is 5.57 Å². The molecule has 3 rings (SSSR count). The van der Waals surface area contributed by atoms with Crippen LogP contribution in [0.2, 0.25) is 0 Å². The lowest BCUT2D eigenvalue weighted by atomic mass is 9.74. The van der Waals surface area contributed by atoms with Gasteiger partial charge in [0.15, 0.2) is 5.78 Å². The Balaban J connectivity index is 1.73. The third-order valence-electron chi connectivity index (χ3n) is 6.14. The minimum absolute atomic E-state index is 0.118. The minimum Gasteiger partial charge on any atom is -0.491 e. The van der Waals surface area contributed by atoms with Crippen LogP contribution in [-0.2, 0) is 9.53 Å². The van der Waals surface area contributed by atoms with Crippen molar-refractivity contribution in [1.29, 1.82) is 0 Å². The van der Waals surface area contributed by atoms with Crippen LogP contribution >= 0.6 is 0 Å². The molecule has 2 aliphatic carbocycles. The Morgan fingerprint density at radius 2 is 2.28 bits per heavy atom. The monoisotopic (exact) mass is 346 g/mol. The fourth-order valence-electron chi connectivity index (χ4n) is 4.46. The summed E-state index contributed by atoms with van der Waals surface area (Å²) in [5.74, 6) is 1.32. The highest BCUT2D eigenvalue weighted by atomic mass is 16.5. The molecule has 0 amide bonds. The van der Waals surface area contributed by atoms with E-state index in [9.17, 15) is 9.90 Å². The van der Waals surface area contributed by atoms with Crippen molar-refractivity contribution in [1.82, 2.24) is 0 Å². The van der Waals surface area contributed by atoms with E-state index in [2.05, 4.69) is 26.0 Å². The molecule has 0 fully saturated rings. The minimum atomic E-state index is -0.857. The van der Waals surface area contributed by atoms with E-state index in [0.29, 0.717) is 25.2 Å². The molecule has 0 spiro atoms. The quantitative estimate of drug-likeness (QED) is 0.748. The first-order valence-corrected chi connectivity index (χ1v) is 9.45. The van der Waals surface area contributed by atoms with Gasteiger partial charge >= 0.3 is 0 Å². The largest absolute Gasteiger partial charge is 0.491 e. The normalized spacial score (nSPS) is 33.6. The number of fused-ring (bicyclic) bond motifs is 1. The first-order valence-electron chi connectivity index (χ1n) is 9.45. The van der Waals surface area contributed by atoms with Gasteiger partial charge in [-0.15, -0.1) is 0 Å². The maximum absolute atomic E-state index is 12.4. The highest BCUT2D eigenvalue weighted by Gasteiger charge is 2.49. The molecule has 0 saturated carbocycles. The van der Waals surface area contributed by atoms with Gasteiger partial charge in [0, 0.05) is 24.3 Å². The molecule has 1 heterocycles. The van der Waals surface area contributed by atoms with Crippen molar-refractivity contribution in [3.8, 4) is 0 Å². The molecule has 0 radical (unpaired) electrons. The van der Waals surface area contributed by atoms with Crippen molar-refractivity contribution in [2.75, 3.05) is 6.61 Å². The van der Waals surface area contributed by atoms with Gasteiger partial charge in [-0.25, -0.2) is 0 Å². The Labute approximate surface area is 150 Å². The SMILES string of the molecule is C/C(=C\CCC(C)C1=CCC2(C)OC3=C(CC12)C(=O)C(O)CC3)CO. The predicted octanol–water partition coefficient (Wildman–Crippen LogP) is 3.44. The number of hydrogen-bond donors (Lipinski definition) is 2. The Morgan fingerprint density at radius 3 is 3.00 bits per heavy atom. The van der Waals surface area contributed by atoms with Crippen LogP contribution in [0.1, 0.15) is 59.3 Å². The molecule has 0 saturated heterocycles. The molecule has 1 aliphatic heterocycles. The second kappa shape index (κ2) is 7.08. The Hall–Kier alpha value is -1.39. The zero-order chi connectivity index (χ0) is 18.2. The molecule has 0 aromatic heterocycles. The number of carbonyl (C=O) groups is 1. The molecule has 138 valence electrons. The van der Waals surface area contributed by atoms with E-state index in [-0.39, 0.29) is 23.9 Å². The number of carbonyl (C=O) groups excluding carboxylic acids is 1. The van der Waals surface area contributed by atoms with E-state index < -0.39 is 6.10 Å². The number of aliphatic hydroxyl groups is 2. The Bertz CT molecular complexity index is 642. The summed E-state index contributed by atoms with van der Waals surface area (Å²) in [6.45, 7) is 6.46. The highest BCUT2D eigenvalue weighted by Crippen LogP contribution is 2.51. The van der Waals surface area contributed by atoms with Crippen LogP contribution < -0.4 is 0 Å². The Kier molecular flexibility index (Phi) is 5.21. The first-order chi connectivity index (χ1) is 11.9. The molecule has 4 nitrogen and oxygen atoms in total. The van der Waals surface area contributed by atoms with Gasteiger partial charge < -0.3 is 14.9 Å². The lowest BCUT2D eigenvalue weighted by Gasteiger charge is -2.43. The maximum atomic E-state index is 12.4. The summed E-state index contributed by atoms with van der Waals surface area (Å²) < 4.78 is 6.31. The molecule has 25 heavy (non-hydrogen) atoms. The molecule has 4 heteroatoms. The third kappa shape index (κ3) is 3.47. The van der Waals surface area contributed by atoms with Gasteiger partial charge in [0.05, 0.1) is 6.61 Å². The fourth-order valence-corrected chi connectivity index (χ4v) is 4.46. The smallest absolute Gasteiger partial charge is 0.190 e. The van der Waals surface area contributed by atoms with Gasteiger partial charge in [-0.2, -0.15) is 0 Å². The molecule has 3 aliphatic rings. The molecule has 0 aromatic rings. The van der Waals surface area contributed by atoms with Crippen molar-refractivity contribution < 1.29 is 19.7 Å². The van der Waals surface area contributed by atoms with E-state index >= 15 is 0 Å². The summed E-state index contributed by atoms with van der Waals surface area (Å²) in [5, 5.41) is 19.0. The summed E-state index contributed by atoms with van der Waals surface area (Å²) in [7, 11) is 0. The summed E-state index contributed by atoms with van der Waals surface area (Å²) >= 11 is 0. The van der Waals surface area contributed by atoms with Crippen LogP contribution in [0.5, 0.6) is 0 Å². The molecule has 0 aromatic carbocycles. The highest BCUT2D eigenvalue weighted by molar-refractivity contribution is 6.00. The average Bonchev–Trinajstić information content (AvgIpc) is 2.93. The summed E-state index contributed by atoms with van der Waals surface area (Å²) in [4.78, 5) is 12.4. The van der Waals surface area contributed by atoms with Crippen LogP contribution in [0, 0.1) is 11.8 Å². The molecular weight excluding hydrogens is 316 g/mol. The van der Waals surface area contributed by atoms with E-state index in [1.54, 1.807) is 0 Å². The van der Waals surface area contributed by atoms with Gasteiger partial charge in [0.2, 0.25) is 0 Å². The molecule has 0 bridgehead atoms. The maximum Gasteiger partial charge on any atom is 0.190 e. The van der Waals surface area contributed by atoms with Crippen LogP contribution in [0.3, 0.4) is 0 Å². The lowest BCUT2D eigenvalue weighted by molar-refractivity contribution is -0.127. The zero-order valence-electron chi connectivity index (χ0n) is 15.5. The van der Waals surface area contributed by atoms with Gasteiger partial charge in [-0.05, 0) is 45.4 Å². The molecule has 2 N–H and O–H groups in total. The van der Waals surface area contributed by atoms with Crippen LogP contribution in [0.15, 0.2) is 34.6 Å². The van der Waals surface area contributed by atoms with Crippen molar-refractivity contribution >= 4 is 5.78 Å². The number of ketones is 1. The van der Waals surface area contributed by atoms with E-state index in [4.69, 9.17) is 9.84 Å². The van der Waals surface area contributed by atoms with Crippen molar-refractivity contribution in [3.63, 3.8) is 0 Å². The fraction of sp³-hybridized carbons (Fsp3) is 0.667. The zero-order valence-corrected chi connectivity index (χ0v) is 15.5. The number of ether oxygens (including phenoxy) is 1. The number of allylic oxidation sites excluding steroid dienone is 2. The Morgan fingerprint density at radius 1 is 1.52 bits per heavy atom. The topological polar surface area (TPSA) is 66.8 Å². The second-order valence-corrected chi connectivity index (χ2v) is 8.09. The molecule has 4 unspecified atom stereocenters. The van der Waals surface area contributed by atoms with Crippen molar-refractivity contribution in [3.05, 3.63) is 34.6 Å². The summed E-state index contributed by atoms with van der Waals surface area (Å²) in [5.41, 5.74) is 2.87. The van der Waals surface area contributed by atoms with Crippen LogP contribution in [0.25, 0.3) is 0 Å². The summed E-state index contributed by atoms with van der Waals surface area (Å²) in [6, 6.07) is 0. The van der Waals surface area contributed by atoms with Gasteiger partial charge in [-0.1, -0.05) is 30.2 Å². The van der Waals surface area contributed by atoms with Crippen LogP contribution in [0.4, 0.5) is 0 Å². The number of hydrogen-bond acceptors (Lipinski definition) is 4. The number of aliphatic hydroxyl groups excluding tert-OH is 2. The van der Waals surface area contributed by atoms with Crippen molar-refractivity contribution in [2.24, 2.45) is 11.8 Å². The number of Topliss-reactive ketones (excluding diaryl/α,β-unsaturated/α-hetero) is 1. The van der Waals surface area contributed by atoms with Gasteiger partial charge in [0.25, 0.3) is 0 Å². The van der Waals surface area contributed by atoms with Gasteiger partial charge in [-0.3, -0.25) is 4.79 Å². The van der Waals surface area contributed by atoms with E-state index in [1.807, 2.05) is 6.92 Å². The first kappa shape index (κ1) is 18.4. The van der Waals surface area contributed by atoms with E-state index in [0.717, 1.165) is 36.2 Å². The lowest BCUT2D eigenvalue weighted by Crippen LogP contribution is -2.43. The average molecular weight is 346 g/mol. The second-order valence-electron chi connectivity index (χ2n) is 8.09. The van der Waals surface area contributed by atoms with Crippen LogP contribution in [-0.4, -0.2) is 34.3 Å². The molecular formula is C21H30O4. The van der Waals surface area contributed by atoms with Crippen molar-refractivity contribution in [2.45, 2.75) is 71.0 Å². The van der Waals surface area contributed by atoms with Gasteiger partial charge in [0.1, 0.15) is 17.5 Å². The third-order valence-corrected chi connectivity index (χ3v) is 6.14.